The summed E-state index contributed by atoms with van der Waals surface area (Å²) in [6, 6.07) is 16.0. The molecule has 1 amide bonds. The largest absolute Gasteiger partial charge is 0.495 e. The lowest BCUT2D eigenvalue weighted by atomic mass is 9.95. The SMILES string of the molecule is COc1ccccc1NC(=O)C1CCN(Cc2ccc(Br)cc2)CC1. The Morgan fingerprint density at radius 2 is 1.84 bits per heavy atom. The highest BCUT2D eigenvalue weighted by atomic mass is 79.9. The number of nitrogens with zero attached hydrogens (tertiary/aromatic N) is 1. The molecule has 1 heterocycles. The molecule has 1 aliphatic rings. The van der Waals surface area contributed by atoms with E-state index in [1.165, 1.54) is 5.56 Å². The highest BCUT2D eigenvalue weighted by Crippen LogP contribution is 2.26. The van der Waals surface area contributed by atoms with Crippen molar-refractivity contribution in [3.05, 3.63) is 58.6 Å². The second kappa shape index (κ2) is 8.50. The number of likely N-dealkylation sites (tertiary alicyclic amines) is 1. The van der Waals surface area contributed by atoms with E-state index in [9.17, 15) is 4.79 Å². The van der Waals surface area contributed by atoms with Gasteiger partial charge in [0.2, 0.25) is 5.91 Å². The van der Waals surface area contributed by atoms with Gasteiger partial charge in [0, 0.05) is 16.9 Å². The lowest BCUT2D eigenvalue weighted by Gasteiger charge is -2.31. The summed E-state index contributed by atoms with van der Waals surface area (Å²) < 4.78 is 6.40. The third kappa shape index (κ3) is 4.83. The second-order valence-corrected chi connectivity index (χ2v) is 7.28. The van der Waals surface area contributed by atoms with Crippen LogP contribution in [0, 0.1) is 5.92 Å². The number of carbonyl (C=O) groups is 1. The topological polar surface area (TPSA) is 41.6 Å². The first-order valence-electron chi connectivity index (χ1n) is 8.56. The number of para-hydroxylation sites is 2. The molecule has 25 heavy (non-hydrogen) atoms. The van der Waals surface area contributed by atoms with E-state index in [0.29, 0.717) is 5.75 Å². The van der Waals surface area contributed by atoms with E-state index in [-0.39, 0.29) is 11.8 Å². The summed E-state index contributed by atoms with van der Waals surface area (Å²) in [7, 11) is 1.62. The van der Waals surface area contributed by atoms with Crippen LogP contribution < -0.4 is 10.1 Å². The lowest BCUT2D eigenvalue weighted by molar-refractivity contribution is -0.121. The first-order valence-corrected chi connectivity index (χ1v) is 9.35. The Bertz CT molecular complexity index is 710. The average Bonchev–Trinajstić information content (AvgIpc) is 2.64. The Balaban J connectivity index is 1.51. The normalized spacial score (nSPS) is 15.8. The number of ether oxygens (including phenoxy) is 1. The first-order chi connectivity index (χ1) is 12.2. The zero-order valence-corrected chi connectivity index (χ0v) is 16.0. The molecule has 1 fully saturated rings. The molecule has 4 nitrogen and oxygen atoms in total. The number of hydrogen-bond donors (Lipinski definition) is 1. The maximum Gasteiger partial charge on any atom is 0.227 e. The van der Waals surface area contributed by atoms with Gasteiger partial charge in [0.15, 0.2) is 0 Å². The molecule has 0 atom stereocenters. The van der Waals surface area contributed by atoms with Crippen molar-refractivity contribution in [1.82, 2.24) is 4.90 Å². The predicted octanol–water partition coefficient (Wildman–Crippen LogP) is 4.31. The van der Waals surface area contributed by atoms with E-state index in [2.05, 4.69) is 50.4 Å². The van der Waals surface area contributed by atoms with Gasteiger partial charge in [-0.15, -0.1) is 0 Å². The molecule has 5 heteroatoms. The molecule has 0 saturated carbocycles. The zero-order chi connectivity index (χ0) is 17.6. The summed E-state index contributed by atoms with van der Waals surface area (Å²) in [5, 5.41) is 3.01. The van der Waals surface area contributed by atoms with Gasteiger partial charge in [-0.05, 0) is 55.8 Å². The number of methoxy groups -OCH3 is 1. The summed E-state index contributed by atoms with van der Waals surface area (Å²) in [5.74, 6) is 0.849. The number of anilines is 1. The number of rotatable bonds is 5. The minimum absolute atomic E-state index is 0.0612. The zero-order valence-electron chi connectivity index (χ0n) is 14.4. The molecule has 2 aromatic rings. The lowest BCUT2D eigenvalue weighted by Crippen LogP contribution is -2.37. The van der Waals surface area contributed by atoms with Crippen LogP contribution in [0.2, 0.25) is 0 Å². The van der Waals surface area contributed by atoms with Crippen molar-refractivity contribution in [2.45, 2.75) is 19.4 Å². The molecule has 0 radical (unpaired) electrons. The fourth-order valence-corrected chi connectivity index (χ4v) is 3.45. The van der Waals surface area contributed by atoms with Crippen LogP contribution in [-0.4, -0.2) is 31.0 Å². The average molecular weight is 403 g/mol. The standard InChI is InChI=1S/C20H23BrN2O2/c1-25-19-5-3-2-4-18(19)22-20(24)16-10-12-23(13-11-16)14-15-6-8-17(21)9-7-15/h2-9,16H,10-14H2,1H3,(H,22,24). The highest BCUT2D eigenvalue weighted by Gasteiger charge is 2.25. The molecule has 132 valence electrons. The van der Waals surface area contributed by atoms with E-state index < -0.39 is 0 Å². The van der Waals surface area contributed by atoms with E-state index in [1.54, 1.807) is 7.11 Å². The van der Waals surface area contributed by atoms with Crippen LogP contribution >= 0.6 is 15.9 Å². The van der Waals surface area contributed by atoms with E-state index in [1.807, 2.05) is 24.3 Å². The molecule has 0 aliphatic carbocycles. The number of amides is 1. The molecule has 0 bridgehead atoms. The van der Waals surface area contributed by atoms with Gasteiger partial charge in [-0.3, -0.25) is 9.69 Å². The summed E-state index contributed by atoms with van der Waals surface area (Å²) in [6.45, 7) is 2.83. The number of halogens is 1. The Labute approximate surface area is 157 Å². The molecule has 0 spiro atoms. The van der Waals surface area contributed by atoms with E-state index >= 15 is 0 Å². The van der Waals surface area contributed by atoms with Crippen molar-refractivity contribution < 1.29 is 9.53 Å². The van der Waals surface area contributed by atoms with Crippen LogP contribution in [0.25, 0.3) is 0 Å². The van der Waals surface area contributed by atoms with Gasteiger partial charge in [0.25, 0.3) is 0 Å². The third-order valence-corrected chi connectivity index (χ3v) is 5.17. The molecule has 2 aromatic carbocycles. The molecule has 0 unspecified atom stereocenters. The van der Waals surface area contributed by atoms with Crippen molar-refractivity contribution in [2.24, 2.45) is 5.92 Å². The van der Waals surface area contributed by atoms with Crippen LogP contribution in [0.4, 0.5) is 5.69 Å². The van der Waals surface area contributed by atoms with E-state index in [4.69, 9.17) is 4.74 Å². The summed E-state index contributed by atoms with van der Waals surface area (Å²) in [5.41, 5.74) is 2.05. The molecular weight excluding hydrogens is 380 g/mol. The third-order valence-electron chi connectivity index (χ3n) is 4.64. The molecule has 0 aromatic heterocycles. The van der Waals surface area contributed by atoms with Crippen LogP contribution in [0.1, 0.15) is 18.4 Å². The van der Waals surface area contributed by atoms with Crippen molar-refractivity contribution >= 4 is 27.5 Å². The van der Waals surface area contributed by atoms with Crippen molar-refractivity contribution in [2.75, 3.05) is 25.5 Å². The number of hydrogen-bond acceptors (Lipinski definition) is 3. The minimum atomic E-state index is 0.0612. The molecular formula is C20H23BrN2O2. The highest BCUT2D eigenvalue weighted by molar-refractivity contribution is 9.10. The summed E-state index contributed by atoms with van der Waals surface area (Å²) in [6.07, 6.45) is 1.77. The summed E-state index contributed by atoms with van der Waals surface area (Å²) >= 11 is 3.46. The Kier molecular flexibility index (Phi) is 6.10. The second-order valence-electron chi connectivity index (χ2n) is 6.37. The number of piperidine rings is 1. The Hall–Kier alpha value is -1.85. The van der Waals surface area contributed by atoms with Gasteiger partial charge in [-0.25, -0.2) is 0 Å². The quantitative estimate of drug-likeness (QED) is 0.809. The van der Waals surface area contributed by atoms with Crippen molar-refractivity contribution in [3.63, 3.8) is 0 Å². The van der Waals surface area contributed by atoms with Crippen LogP contribution in [-0.2, 0) is 11.3 Å². The maximum absolute atomic E-state index is 12.5. The minimum Gasteiger partial charge on any atom is -0.495 e. The maximum atomic E-state index is 12.5. The number of carbonyl (C=O) groups excluding carboxylic acids is 1. The fraction of sp³-hybridized carbons (Fsp3) is 0.350. The first kappa shape index (κ1) is 18.0. The van der Waals surface area contributed by atoms with E-state index in [0.717, 1.165) is 42.6 Å². The monoisotopic (exact) mass is 402 g/mol. The van der Waals surface area contributed by atoms with Gasteiger partial charge in [-0.1, -0.05) is 40.2 Å². The van der Waals surface area contributed by atoms with Crippen molar-refractivity contribution in [3.8, 4) is 5.75 Å². The Morgan fingerprint density at radius 1 is 1.16 bits per heavy atom. The molecule has 1 N–H and O–H groups in total. The van der Waals surface area contributed by atoms with Gasteiger partial charge < -0.3 is 10.1 Å². The van der Waals surface area contributed by atoms with Gasteiger partial charge in [0.05, 0.1) is 12.8 Å². The van der Waals surface area contributed by atoms with Gasteiger partial charge in [-0.2, -0.15) is 0 Å². The van der Waals surface area contributed by atoms with Crippen molar-refractivity contribution in [1.29, 1.82) is 0 Å². The van der Waals surface area contributed by atoms with Crippen LogP contribution in [0.5, 0.6) is 5.75 Å². The molecule has 1 aliphatic heterocycles. The van der Waals surface area contributed by atoms with Crippen LogP contribution in [0.3, 0.4) is 0 Å². The number of nitrogens with one attached hydrogen (secondary N) is 1. The van der Waals surface area contributed by atoms with Gasteiger partial charge in [0.1, 0.15) is 5.75 Å². The van der Waals surface area contributed by atoms with Crippen LogP contribution in [0.15, 0.2) is 53.0 Å². The van der Waals surface area contributed by atoms with Gasteiger partial charge >= 0.3 is 0 Å². The molecule has 1 saturated heterocycles. The molecule has 3 rings (SSSR count). The Morgan fingerprint density at radius 3 is 2.52 bits per heavy atom. The smallest absolute Gasteiger partial charge is 0.227 e. The predicted molar refractivity (Wildman–Crippen MR) is 104 cm³/mol. The number of benzene rings is 2. The fourth-order valence-electron chi connectivity index (χ4n) is 3.18. The summed E-state index contributed by atoms with van der Waals surface area (Å²) in [4.78, 5) is 15.0.